The van der Waals surface area contributed by atoms with Gasteiger partial charge in [-0.05, 0) is 23.1 Å². The fraction of sp³-hybridized carbons (Fsp3) is 0.308. The van der Waals surface area contributed by atoms with Crippen molar-refractivity contribution in [3.8, 4) is 0 Å². The third kappa shape index (κ3) is 2.51. The Morgan fingerprint density at radius 3 is 2.42 bits per heavy atom. The molecule has 0 saturated heterocycles. The first-order chi connectivity index (χ1) is 8.71. The molecule has 6 heteroatoms. The lowest BCUT2D eigenvalue weighted by Gasteiger charge is -2.20. The Morgan fingerprint density at radius 1 is 1.26 bits per heavy atom. The molecule has 0 saturated carbocycles. The van der Waals surface area contributed by atoms with Gasteiger partial charge in [0.1, 0.15) is 5.15 Å². The fourth-order valence-corrected chi connectivity index (χ4v) is 2.49. The van der Waals surface area contributed by atoms with Crippen LogP contribution in [0, 0.1) is 10.1 Å². The number of non-ortho nitro benzene ring substituents is 1. The number of fused-ring (bicyclic) bond motifs is 1. The molecule has 100 valence electrons. The first-order valence-electron chi connectivity index (χ1n) is 5.65. The SMILES string of the molecule is CC(C)(C)c1cc2c(Cl)ccc([N+](=O)[O-])c2nc1Cl. The van der Waals surface area contributed by atoms with Gasteiger partial charge < -0.3 is 0 Å². The Kier molecular flexibility index (Phi) is 3.41. The highest BCUT2D eigenvalue weighted by Crippen LogP contribution is 2.36. The number of benzene rings is 1. The molecule has 1 aromatic heterocycles. The van der Waals surface area contributed by atoms with Crippen molar-refractivity contribution in [3.63, 3.8) is 0 Å². The van der Waals surface area contributed by atoms with Crippen molar-refractivity contribution in [2.24, 2.45) is 0 Å². The highest BCUT2D eigenvalue weighted by Gasteiger charge is 2.23. The largest absolute Gasteiger partial charge is 0.295 e. The Balaban J connectivity index is 2.88. The highest BCUT2D eigenvalue weighted by atomic mass is 35.5. The van der Waals surface area contributed by atoms with Crippen LogP contribution in [0.15, 0.2) is 18.2 Å². The molecule has 0 unspecified atom stereocenters. The predicted molar refractivity (Wildman–Crippen MR) is 77.1 cm³/mol. The van der Waals surface area contributed by atoms with Gasteiger partial charge in [0.05, 0.1) is 9.95 Å². The minimum atomic E-state index is -0.487. The van der Waals surface area contributed by atoms with Gasteiger partial charge in [0.15, 0.2) is 5.52 Å². The molecule has 4 nitrogen and oxygen atoms in total. The van der Waals surface area contributed by atoms with E-state index in [1.807, 2.05) is 20.8 Å². The summed E-state index contributed by atoms with van der Waals surface area (Å²) in [4.78, 5) is 14.7. The molecule has 0 fully saturated rings. The van der Waals surface area contributed by atoms with Gasteiger partial charge >= 0.3 is 0 Å². The maximum absolute atomic E-state index is 11.0. The number of hydrogen-bond donors (Lipinski definition) is 0. The van der Waals surface area contributed by atoms with Crippen molar-refractivity contribution in [3.05, 3.63) is 44.1 Å². The zero-order valence-corrected chi connectivity index (χ0v) is 12.2. The van der Waals surface area contributed by atoms with E-state index in [0.29, 0.717) is 10.4 Å². The van der Waals surface area contributed by atoms with Crippen LogP contribution in [0.3, 0.4) is 0 Å². The number of rotatable bonds is 1. The van der Waals surface area contributed by atoms with Crippen LogP contribution in [0.2, 0.25) is 10.2 Å². The molecule has 0 N–H and O–H groups in total. The van der Waals surface area contributed by atoms with Crippen LogP contribution >= 0.6 is 23.2 Å². The molecule has 0 spiro atoms. The minimum Gasteiger partial charge on any atom is -0.258 e. The predicted octanol–water partition coefficient (Wildman–Crippen LogP) is 4.75. The van der Waals surface area contributed by atoms with E-state index in [2.05, 4.69) is 4.98 Å². The fourth-order valence-electron chi connectivity index (χ4n) is 1.86. The number of aromatic nitrogens is 1. The van der Waals surface area contributed by atoms with Crippen LogP contribution in [0.1, 0.15) is 26.3 Å². The molecule has 1 heterocycles. The summed E-state index contributed by atoms with van der Waals surface area (Å²) in [6.07, 6.45) is 0. The summed E-state index contributed by atoms with van der Waals surface area (Å²) < 4.78 is 0. The molecule has 0 bridgehead atoms. The quantitative estimate of drug-likeness (QED) is 0.434. The van der Waals surface area contributed by atoms with Crippen molar-refractivity contribution in [1.82, 2.24) is 4.98 Å². The maximum Gasteiger partial charge on any atom is 0.295 e. The molecule has 0 aliphatic carbocycles. The Labute approximate surface area is 120 Å². The standard InChI is InChI=1S/C13H12Cl2N2O2/c1-13(2,3)8-6-7-9(14)4-5-10(17(18)19)11(7)16-12(8)15/h4-6H,1-3H3. The van der Waals surface area contributed by atoms with Gasteiger partial charge in [0.2, 0.25) is 0 Å². The van der Waals surface area contributed by atoms with Gasteiger partial charge in [0, 0.05) is 11.5 Å². The Hall–Kier alpha value is -1.39. The van der Waals surface area contributed by atoms with Crippen molar-refractivity contribution < 1.29 is 4.92 Å². The van der Waals surface area contributed by atoms with E-state index in [1.165, 1.54) is 12.1 Å². The average Bonchev–Trinajstić information content (AvgIpc) is 2.26. The van der Waals surface area contributed by atoms with Gasteiger partial charge in [-0.1, -0.05) is 44.0 Å². The Bertz CT molecular complexity index is 678. The van der Waals surface area contributed by atoms with E-state index in [9.17, 15) is 10.1 Å². The topological polar surface area (TPSA) is 56.0 Å². The second kappa shape index (κ2) is 4.62. The molecular weight excluding hydrogens is 287 g/mol. The van der Waals surface area contributed by atoms with E-state index in [1.54, 1.807) is 6.07 Å². The lowest BCUT2D eigenvalue weighted by atomic mass is 9.87. The number of nitro groups is 1. The summed E-state index contributed by atoms with van der Waals surface area (Å²) in [6.45, 7) is 5.98. The van der Waals surface area contributed by atoms with Crippen LogP contribution in [0.4, 0.5) is 5.69 Å². The van der Waals surface area contributed by atoms with Gasteiger partial charge in [-0.2, -0.15) is 0 Å². The lowest BCUT2D eigenvalue weighted by Crippen LogP contribution is -2.12. The Morgan fingerprint density at radius 2 is 1.89 bits per heavy atom. The van der Waals surface area contributed by atoms with Gasteiger partial charge in [-0.25, -0.2) is 4.98 Å². The van der Waals surface area contributed by atoms with Gasteiger partial charge in [0.25, 0.3) is 5.69 Å². The van der Waals surface area contributed by atoms with Crippen molar-refractivity contribution in [2.45, 2.75) is 26.2 Å². The first-order valence-corrected chi connectivity index (χ1v) is 6.41. The van der Waals surface area contributed by atoms with Crippen LogP contribution < -0.4 is 0 Å². The van der Waals surface area contributed by atoms with E-state index < -0.39 is 4.92 Å². The van der Waals surface area contributed by atoms with Gasteiger partial charge in [-0.3, -0.25) is 10.1 Å². The second-order valence-corrected chi connectivity index (χ2v) is 6.06. The summed E-state index contributed by atoms with van der Waals surface area (Å²) in [5.41, 5.74) is 0.716. The number of hydrogen-bond acceptors (Lipinski definition) is 3. The maximum atomic E-state index is 11.0. The van der Waals surface area contributed by atoms with Crippen molar-refractivity contribution in [1.29, 1.82) is 0 Å². The minimum absolute atomic E-state index is 0.0956. The third-order valence-electron chi connectivity index (χ3n) is 2.87. The van der Waals surface area contributed by atoms with Gasteiger partial charge in [-0.15, -0.1) is 0 Å². The molecule has 0 atom stereocenters. The lowest BCUT2D eigenvalue weighted by molar-refractivity contribution is -0.383. The van der Waals surface area contributed by atoms with Crippen LogP contribution in [0.5, 0.6) is 0 Å². The summed E-state index contributed by atoms with van der Waals surface area (Å²) >= 11 is 12.2. The monoisotopic (exact) mass is 298 g/mol. The number of pyridine rings is 1. The molecule has 19 heavy (non-hydrogen) atoms. The third-order valence-corrected chi connectivity index (χ3v) is 3.49. The van der Waals surface area contributed by atoms with E-state index >= 15 is 0 Å². The van der Waals surface area contributed by atoms with Crippen molar-refractivity contribution in [2.75, 3.05) is 0 Å². The second-order valence-electron chi connectivity index (χ2n) is 5.30. The number of halogens is 2. The molecule has 0 amide bonds. The zero-order chi connectivity index (χ0) is 14.4. The molecule has 0 radical (unpaired) electrons. The molecule has 0 aliphatic heterocycles. The summed E-state index contributed by atoms with van der Waals surface area (Å²) in [6, 6.07) is 4.62. The molecular formula is C13H12Cl2N2O2. The zero-order valence-electron chi connectivity index (χ0n) is 10.7. The molecule has 2 aromatic rings. The van der Waals surface area contributed by atoms with E-state index in [0.717, 1.165) is 5.56 Å². The average molecular weight is 299 g/mol. The normalized spacial score (nSPS) is 11.8. The molecule has 0 aliphatic rings. The van der Waals surface area contributed by atoms with Crippen LogP contribution in [-0.4, -0.2) is 9.91 Å². The summed E-state index contributed by atoms with van der Waals surface area (Å²) in [7, 11) is 0. The molecule has 1 aromatic carbocycles. The van der Waals surface area contributed by atoms with E-state index in [-0.39, 0.29) is 21.8 Å². The van der Waals surface area contributed by atoms with E-state index in [4.69, 9.17) is 23.2 Å². The smallest absolute Gasteiger partial charge is 0.258 e. The van der Waals surface area contributed by atoms with Crippen LogP contribution in [-0.2, 0) is 5.41 Å². The molecule has 2 rings (SSSR count). The highest BCUT2D eigenvalue weighted by molar-refractivity contribution is 6.36. The first kappa shape index (κ1) is 14.0. The number of nitro benzene ring substituents is 1. The summed E-state index contributed by atoms with van der Waals surface area (Å²) in [5, 5.41) is 12.2. The van der Waals surface area contributed by atoms with Crippen LogP contribution in [0.25, 0.3) is 10.9 Å². The summed E-state index contributed by atoms with van der Waals surface area (Å²) in [5.74, 6) is 0. The number of nitrogens with zero attached hydrogens (tertiary/aromatic N) is 2. The van der Waals surface area contributed by atoms with Crippen molar-refractivity contribution >= 4 is 39.8 Å².